The molecular formula is C15H15BrClN5O3. The molecule has 1 aliphatic heterocycles. The molecule has 0 saturated carbocycles. The summed E-state index contributed by atoms with van der Waals surface area (Å²) in [6, 6.07) is 7.69. The maximum Gasteiger partial charge on any atom is 0.357 e. The van der Waals surface area contributed by atoms with Crippen LogP contribution in [0.2, 0.25) is 5.02 Å². The van der Waals surface area contributed by atoms with Gasteiger partial charge in [-0.15, -0.1) is 5.10 Å². The lowest BCUT2D eigenvalue weighted by atomic mass is 10.2. The van der Waals surface area contributed by atoms with Crippen molar-refractivity contribution in [3.8, 4) is 0 Å². The quantitative estimate of drug-likeness (QED) is 0.597. The van der Waals surface area contributed by atoms with Crippen molar-refractivity contribution in [2.45, 2.75) is 6.54 Å². The minimum atomic E-state index is -0.616. The number of nitro groups is 1. The van der Waals surface area contributed by atoms with Gasteiger partial charge in [0.25, 0.3) is 5.91 Å². The molecule has 3 rings (SSSR count). The molecule has 0 spiro atoms. The zero-order valence-corrected chi connectivity index (χ0v) is 15.5. The van der Waals surface area contributed by atoms with E-state index in [9.17, 15) is 14.9 Å². The summed E-state index contributed by atoms with van der Waals surface area (Å²) in [5, 5.41) is 17.6. The number of carbonyl (C=O) groups excluding carboxylic acids is 1. The summed E-state index contributed by atoms with van der Waals surface area (Å²) >= 11 is 9.26. The molecular weight excluding hydrogens is 414 g/mol. The van der Waals surface area contributed by atoms with Gasteiger partial charge in [-0.3, -0.25) is 9.69 Å². The lowest BCUT2D eigenvalue weighted by molar-refractivity contribution is -0.390. The molecule has 1 aromatic heterocycles. The SMILES string of the molecule is O=C(c1n[nH]c([N+](=O)[O-])c1Br)N1CCN(Cc2ccccc2Cl)CC1. The van der Waals surface area contributed by atoms with Crippen molar-refractivity contribution in [2.24, 2.45) is 0 Å². The van der Waals surface area contributed by atoms with Crippen molar-refractivity contribution in [1.29, 1.82) is 0 Å². The minimum absolute atomic E-state index is 0.0336. The first-order valence-corrected chi connectivity index (χ1v) is 8.77. The number of aromatic nitrogens is 2. The van der Waals surface area contributed by atoms with Gasteiger partial charge in [-0.05, 0) is 32.5 Å². The number of hydrogen-bond acceptors (Lipinski definition) is 5. The van der Waals surface area contributed by atoms with Crippen LogP contribution < -0.4 is 0 Å². The molecule has 1 aromatic carbocycles. The van der Waals surface area contributed by atoms with Gasteiger partial charge in [-0.25, -0.2) is 0 Å². The van der Waals surface area contributed by atoms with Crippen LogP contribution in [0.3, 0.4) is 0 Å². The lowest BCUT2D eigenvalue weighted by Gasteiger charge is -2.34. The highest BCUT2D eigenvalue weighted by Gasteiger charge is 2.30. The Hall–Kier alpha value is -1.97. The fourth-order valence-corrected chi connectivity index (χ4v) is 3.40. The number of nitrogens with one attached hydrogen (secondary N) is 1. The largest absolute Gasteiger partial charge is 0.358 e. The van der Waals surface area contributed by atoms with Crippen LogP contribution >= 0.6 is 27.5 Å². The van der Waals surface area contributed by atoms with E-state index in [2.05, 4.69) is 31.0 Å². The fraction of sp³-hybridized carbons (Fsp3) is 0.333. The fourth-order valence-electron chi connectivity index (χ4n) is 2.71. The van der Waals surface area contributed by atoms with E-state index in [1.54, 1.807) is 4.90 Å². The Balaban J connectivity index is 1.61. The average molecular weight is 429 g/mol. The second kappa shape index (κ2) is 7.51. The Labute approximate surface area is 157 Å². The van der Waals surface area contributed by atoms with Crippen LogP contribution in [-0.4, -0.2) is 57.0 Å². The van der Waals surface area contributed by atoms with Gasteiger partial charge in [0.15, 0.2) is 5.69 Å². The normalized spacial score (nSPS) is 15.4. The molecule has 1 N–H and O–H groups in total. The first-order valence-electron chi connectivity index (χ1n) is 7.60. The monoisotopic (exact) mass is 427 g/mol. The number of aromatic amines is 1. The first-order chi connectivity index (χ1) is 12.0. The summed E-state index contributed by atoms with van der Waals surface area (Å²) < 4.78 is 0.0843. The van der Waals surface area contributed by atoms with E-state index in [-0.39, 0.29) is 21.9 Å². The third kappa shape index (κ3) is 3.83. The number of carbonyl (C=O) groups is 1. The van der Waals surface area contributed by atoms with Gasteiger partial charge < -0.3 is 15.0 Å². The van der Waals surface area contributed by atoms with E-state index < -0.39 is 4.92 Å². The number of halogens is 2. The molecule has 1 amide bonds. The van der Waals surface area contributed by atoms with Crippen LogP contribution in [0.25, 0.3) is 0 Å². The van der Waals surface area contributed by atoms with Gasteiger partial charge in [-0.1, -0.05) is 34.9 Å². The molecule has 0 unspecified atom stereocenters. The highest BCUT2D eigenvalue weighted by atomic mass is 79.9. The van der Waals surface area contributed by atoms with E-state index in [1.165, 1.54) is 0 Å². The van der Waals surface area contributed by atoms with Crippen LogP contribution in [0.4, 0.5) is 5.82 Å². The second-order valence-corrected chi connectivity index (χ2v) is 6.85. The van der Waals surface area contributed by atoms with Gasteiger partial charge in [0.05, 0.1) is 0 Å². The molecule has 1 fully saturated rings. The third-order valence-electron chi connectivity index (χ3n) is 4.09. The van der Waals surface area contributed by atoms with Crippen molar-refractivity contribution in [3.63, 3.8) is 0 Å². The van der Waals surface area contributed by atoms with Gasteiger partial charge in [-0.2, -0.15) is 0 Å². The van der Waals surface area contributed by atoms with E-state index in [1.807, 2.05) is 24.3 Å². The molecule has 0 radical (unpaired) electrons. The van der Waals surface area contributed by atoms with E-state index >= 15 is 0 Å². The maximum absolute atomic E-state index is 12.5. The zero-order valence-electron chi connectivity index (χ0n) is 13.1. The Morgan fingerprint density at radius 1 is 1.32 bits per heavy atom. The van der Waals surface area contributed by atoms with Crippen molar-refractivity contribution in [1.82, 2.24) is 20.0 Å². The Bertz CT molecular complexity index is 804. The number of hydrogen-bond donors (Lipinski definition) is 1. The molecule has 2 heterocycles. The lowest BCUT2D eigenvalue weighted by Crippen LogP contribution is -2.48. The van der Waals surface area contributed by atoms with Gasteiger partial charge in [0.1, 0.15) is 4.47 Å². The molecule has 2 aromatic rings. The molecule has 0 aliphatic carbocycles. The predicted octanol–water partition coefficient (Wildman–Crippen LogP) is 2.69. The number of benzene rings is 1. The summed E-state index contributed by atoms with van der Waals surface area (Å²) in [5.41, 5.74) is 1.08. The molecule has 8 nitrogen and oxygen atoms in total. The first kappa shape index (κ1) is 17.8. The third-order valence-corrected chi connectivity index (χ3v) is 5.21. The summed E-state index contributed by atoms with van der Waals surface area (Å²) in [5.74, 6) is -0.644. The number of rotatable bonds is 4. The number of H-pyrrole nitrogens is 1. The number of amides is 1. The highest BCUT2D eigenvalue weighted by Crippen LogP contribution is 2.27. The molecule has 10 heteroatoms. The molecule has 1 saturated heterocycles. The summed E-state index contributed by atoms with van der Waals surface area (Å²) in [7, 11) is 0. The standard InChI is InChI=1S/C15H15BrClN5O3/c16-12-13(18-19-14(12)22(24)25)15(23)21-7-5-20(6-8-21)9-10-3-1-2-4-11(10)17/h1-4H,5-9H2,(H,18,19). The van der Waals surface area contributed by atoms with E-state index in [0.29, 0.717) is 26.2 Å². The van der Waals surface area contributed by atoms with Crippen molar-refractivity contribution in [2.75, 3.05) is 26.2 Å². The summed E-state index contributed by atoms with van der Waals surface area (Å²) in [4.78, 5) is 26.6. The number of piperazine rings is 1. The minimum Gasteiger partial charge on any atom is -0.358 e. The Morgan fingerprint density at radius 3 is 2.60 bits per heavy atom. The van der Waals surface area contributed by atoms with Crippen LogP contribution in [0.15, 0.2) is 28.7 Å². The zero-order chi connectivity index (χ0) is 18.0. The van der Waals surface area contributed by atoms with Crippen LogP contribution in [0, 0.1) is 10.1 Å². The summed E-state index contributed by atoms with van der Waals surface area (Å²) in [6.45, 7) is 3.16. The molecule has 25 heavy (non-hydrogen) atoms. The van der Waals surface area contributed by atoms with Gasteiger partial charge in [0, 0.05) is 37.7 Å². The number of nitrogens with zero attached hydrogens (tertiary/aromatic N) is 4. The second-order valence-electron chi connectivity index (χ2n) is 5.65. The van der Waals surface area contributed by atoms with Crippen LogP contribution in [0.1, 0.15) is 16.1 Å². The molecule has 1 aliphatic rings. The highest BCUT2D eigenvalue weighted by molar-refractivity contribution is 9.10. The topological polar surface area (TPSA) is 95.4 Å². The molecule has 132 valence electrons. The Morgan fingerprint density at radius 2 is 2.00 bits per heavy atom. The molecule has 0 bridgehead atoms. The van der Waals surface area contributed by atoms with Crippen molar-refractivity contribution in [3.05, 3.63) is 55.1 Å². The van der Waals surface area contributed by atoms with Crippen LogP contribution in [-0.2, 0) is 6.54 Å². The van der Waals surface area contributed by atoms with E-state index in [0.717, 1.165) is 17.1 Å². The average Bonchev–Trinajstić information content (AvgIpc) is 2.99. The Kier molecular flexibility index (Phi) is 5.36. The van der Waals surface area contributed by atoms with Crippen LogP contribution in [0.5, 0.6) is 0 Å². The maximum atomic E-state index is 12.5. The van der Waals surface area contributed by atoms with Gasteiger partial charge in [0.2, 0.25) is 0 Å². The molecule has 0 atom stereocenters. The van der Waals surface area contributed by atoms with E-state index in [4.69, 9.17) is 11.6 Å². The van der Waals surface area contributed by atoms with Crippen molar-refractivity contribution >= 4 is 39.3 Å². The van der Waals surface area contributed by atoms with Crippen molar-refractivity contribution < 1.29 is 9.72 Å². The summed E-state index contributed by atoms with van der Waals surface area (Å²) in [6.07, 6.45) is 0. The van der Waals surface area contributed by atoms with Gasteiger partial charge >= 0.3 is 5.82 Å². The predicted molar refractivity (Wildman–Crippen MR) is 95.6 cm³/mol. The smallest absolute Gasteiger partial charge is 0.357 e.